The van der Waals surface area contributed by atoms with E-state index in [-0.39, 0.29) is 35.7 Å². The first-order chi connectivity index (χ1) is 29.1. The molecule has 1 aromatic rings. The molecule has 6 rings (SSSR count). The second-order valence-corrected chi connectivity index (χ2v) is 21.3. The molecule has 2 unspecified atom stereocenters. The highest BCUT2D eigenvalue weighted by Crippen LogP contribution is 2.64. The number of amides is 1. The first-order valence-electron chi connectivity index (χ1n) is 20.6. The third kappa shape index (κ3) is 9.25. The van der Waals surface area contributed by atoms with Crippen molar-refractivity contribution in [3.63, 3.8) is 0 Å². The number of fused-ring (bicyclic) bond motifs is 5. The largest absolute Gasteiger partial charge is 0.509 e. The van der Waals surface area contributed by atoms with Crippen molar-refractivity contribution in [3.05, 3.63) is 47.0 Å². The molecule has 5 aliphatic rings. The molecule has 1 aliphatic heterocycles. The van der Waals surface area contributed by atoms with Gasteiger partial charge in [0.05, 0.1) is 35.6 Å². The average Bonchev–Trinajstić information content (AvgIpc) is 4.02. The zero-order valence-electron chi connectivity index (χ0n) is 36.1. The Morgan fingerprint density at radius 3 is 2.17 bits per heavy atom. The lowest BCUT2D eigenvalue weighted by molar-refractivity contribution is -0.346. The topological polar surface area (TPSA) is 240 Å². The fourth-order valence-electron chi connectivity index (χ4n) is 9.83. The monoisotopic (exact) mass is 945 g/mol. The van der Waals surface area contributed by atoms with E-state index in [4.69, 9.17) is 68.0 Å². The number of hydrogen-bond donors (Lipinski definition) is 4. The van der Waals surface area contributed by atoms with E-state index < -0.39 is 129 Å². The number of nitrogens with one attached hydrogen (secondary N) is 1. The molecule has 0 radical (unpaired) electrons. The number of rotatable bonds is 10. The Morgan fingerprint density at radius 1 is 1.00 bits per heavy atom. The molecule has 2 bridgehead atoms. The minimum atomic E-state index is -2.48. The highest BCUT2D eigenvalue weighted by atomic mass is 35.6. The van der Waals surface area contributed by atoms with Crippen LogP contribution < -0.4 is 5.32 Å². The summed E-state index contributed by atoms with van der Waals surface area (Å²) in [6, 6.07) is 6.56. The lowest BCUT2D eigenvalue weighted by atomic mass is 9.44. The maximum atomic E-state index is 15.6. The number of hydrogen-bond acceptors (Lipinski definition) is 16. The number of Topliss-reactive ketones (excluding diaryl/α,β-unsaturated/α-hetero) is 1. The van der Waals surface area contributed by atoms with Crippen LogP contribution in [0.25, 0.3) is 0 Å². The third-order valence-electron chi connectivity index (χ3n) is 13.1. The first-order valence-corrected chi connectivity index (χ1v) is 21.7. The van der Waals surface area contributed by atoms with Gasteiger partial charge in [-0.25, -0.2) is 19.2 Å². The molecule has 1 aromatic carbocycles. The summed E-state index contributed by atoms with van der Waals surface area (Å²) < 4.78 is 38.5. The minimum absolute atomic E-state index is 0.0312. The van der Waals surface area contributed by atoms with Gasteiger partial charge in [-0.15, -0.1) is 0 Å². The summed E-state index contributed by atoms with van der Waals surface area (Å²) in [5, 5.41) is 39.9. The molecule has 4 aliphatic carbocycles. The second-order valence-electron chi connectivity index (χ2n) is 18.8. The second kappa shape index (κ2) is 17.3. The number of aliphatic hydroxyl groups excluding tert-OH is 2. The zero-order valence-corrected chi connectivity index (χ0v) is 38.4. The van der Waals surface area contributed by atoms with Gasteiger partial charge in [-0.2, -0.15) is 0 Å². The molecule has 17 nitrogen and oxygen atoms in total. The van der Waals surface area contributed by atoms with Crippen LogP contribution in [0.3, 0.4) is 0 Å². The van der Waals surface area contributed by atoms with Crippen molar-refractivity contribution >= 4 is 70.7 Å². The van der Waals surface area contributed by atoms with Crippen LogP contribution in [-0.2, 0) is 47.5 Å². The van der Waals surface area contributed by atoms with Crippen LogP contribution in [0.4, 0.5) is 9.59 Å². The molecule has 1 amide bonds. The number of alkyl carbamates (subject to hydrolysis) is 1. The number of carbonyl (C=O) groups is 6. The van der Waals surface area contributed by atoms with Gasteiger partial charge in [0, 0.05) is 25.2 Å². The molecular weight excluding hydrogens is 893 g/mol. The Kier molecular flexibility index (Phi) is 13.4. The van der Waals surface area contributed by atoms with Crippen LogP contribution in [0, 0.1) is 22.7 Å². The summed E-state index contributed by atoms with van der Waals surface area (Å²) in [5.41, 5.74) is -9.25. The van der Waals surface area contributed by atoms with Gasteiger partial charge in [-0.3, -0.25) is 9.59 Å². The summed E-state index contributed by atoms with van der Waals surface area (Å²) in [6.07, 6.45) is -12.4. The summed E-state index contributed by atoms with van der Waals surface area (Å²) >= 11 is 17.6. The lowest BCUT2D eigenvalue weighted by Gasteiger charge is -2.67. The molecule has 0 spiro atoms. The van der Waals surface area contributed by atoms with Crippen molar-refractivity contribution in [1.82, 2.24) is 5.32 Å². The summed E-state index contributed by atoms with van der Waals surface area (Å²) in [7, 11) is 0. The fourth-order valence-corrected chi connectivity index (χ4v) is 10.00. The number of benzene rings is 1. The van der Waals surface area contributed by atoms with Crippen LogP contribution in [0.5, 0.6) is 0 Å². The van der Waals surface area contributed by atoms with E-state index in [1.54, 1.807) is 39.0 Å². The zero-order chi connectivity index (χ0) is 46.8. The lowest BCUT2D eigenvalue weighted by Crippen LogP contribution is -2.82. The predicted molar refractivity (Wildman–Crippen MR) is 221 cm³/mol. The molecule has 3 saturated carbocycles. The van der Waals surface area contributed by atoms with Crippen molar-refractivity contribution in [2.24, 2.45) is 22.7 Å². The minimum Gasteiger partial charge on any atom is -0.456 e. The molecule has 20 heteroatoms. The highest BCUT2D eigenvalue weighted by Gasteiger charge is 2.78. The van der Waals surface area contributed by atoms with Crippen LogP contribution in [0.1, 0.15) is 91.4 Å². The Hall–Kier alpha value is -3.71. The van der Waals surface area contributed by atoms with E-state index in [0.717, 1.165) is 6.92 Å². The first kappa shape index (κ1) is 48.7. The highest BCUT2D eigenvalue weighted by molar-refractivity contribution is 6.67. The molecule has 4 N–H and O–H groups in total. The number of aliphatic hydroxyl groups is 3. The summed E-state index contributed by atoms with van der Waals surface area (Å²) in [5.74, 6) is -6.02. The van der Waals surface area contributed by atoms with Gasteiger partial charge in [0.15, 0.2) is 23.6 Å². The Morgan fingerprint density at radius 2 is 1.63 bits per heavy atom. The molecule has 1 heterocycles. The Labute approximate surface area is 379 Å². The Bertz CT molecular complexity index is 2030. The normalized spacial score (nSPS) is 33.3. The third-order valence-corrected chi connectivity index (χ3v) is 13.4. The van der Waals surface area contributed by atoms with Crippen LogP contribution in [-0.4, -0.2) is 128 Å². The van der Waals surface area contributed by atoms with Gasteiger partial charge >= 0.3 is 30.2 Å². The SMILES string of the molecule is CC(=O)O[C@@]12CO[C@@H]1C[C@H](O)[C@@]1(C)C(=O)[C@H](OC(=O)OCC(Cl)(Cl)Cl)C3=C(C)[C@@H](OC(=O)C(O)C(NC(=O)OC(C)(C)C)C4CC4)C[C@@](O)([C@@H](OC(=O)c4ccccc4)[C@H]21)C3(C)C. The fraction of sp³-hybridized carbons (Fsp3) is 0.674. The van der Waals surface area contributed by atoms with Crippen molar-refractivity contribution in [1.29, 1.82) is 0 Å². The quantitative estimate of drug-likeness (QED) is 0.106. The van der Waals surface area contributed by atoms with Crippen molar-refractivity contribution in [2.45, 2.75) is 144 Å². The van der Waals surface area contributed by atoms with E-state index >= 15 is 4.79 Å². The van der Waals surface area contributed by atoms with E-state index in [2.05, 4.69) is 5.32 Å². The van der Waals surface area contributed by atoms with Gasteiger partial charge < -0.3 is 53.8 Å². The molecule has 63 heavy (non-hydrogen) atoms. The van der Waals surface area contributed by atoms with Crippen LogP contribution in [0.2, 0.25) is 0 Å². The number of halogens is 3. The molecular formula is C43H54Cl3NO16. The molecule has 4 fully saturated rings. The number of ether oxygens (including phenoxy) is 7. The van der Waals surface area contributed by atoms with E-state index in [0.29, 0.717) is 12.8 Å². The van der Waals surface area contributed by atoms with E-state index in [9.17, 15) is 39.3 Å². The standard InChI is InChI=1S/C43H54Cl3NO16/c1-20-24(59-35(53)29(50)28(22-14-15-22)47-36(54)63-38(3,4)5)17-42(56)33(61-34(52)23-12-10-9-11-13-23)31-40(8,25(49)16-26-41(31,18-57-26)62-21(2)48)32(51)30(27(20)39(42,6)7)60-37(55)58-19-43(44,45)46/h9-13,22,24-26,28-31,33,49-50,56H,14-19H2,1-8H3,(H,47,54)/t24-,25-,26+,28?,29?,30+,31-,33-,40+,41-,42+/m0/s1. The predicted octanol–water partition coefficient (Wildman–Crippen LogP) is 4.83. The van der Waals surface area contributed by atoms with Crippen LogP contribution >= 0.6 is 34.8 Å². The Balaban J connectivity index is 1.54. The average molecular weight is 947 g/mol. The van der Waals surface area contributed by atoms with Gasteiger partial charge in [0.2, 0.25) is 3.79 Å². The number of esters is 3. The maximum Gasteiger partial charge on any atom is 0.509 e. The summed E-state index contributed by atoms with van der Waals surface area (Å²) in [6.45, 7) is 10.6. The smallest absolute Gasteiger partial charge is 0.456 e. The van der Waals surface area contributed by atoms with Gasteiger partial charge in [-0.05, 0) is 76.7 Å². The number of ketones is 1. The number of alkyl halides is 3. The van der Waals surface area contributed by atoms with Gasteiger partial charge in [0.1, 0.15) is 36.1 Å². The summed E-state index contributed by atoms with van der Waals surface area (Å²) in [4.78, 5) is 83.4. The molecule has 1 saturated heterocycles. The van der Waals surface area contributed by atoms with Crippen molar-refractivity contribution in [3.8, 4) is 0 Å². The molecule has 11 atom stereocenters. The van der Waals surface area contributed by atoms with E-state index in [1.165, 1.54) is 39.8 Å². The van der Waals surface area contributed by atoms with Gasteiger partial charge in [-0.1, -0.05) is 66.8 Å². The molecule has 348 valence electrons. The van der Waals surface area contributed by atoms with Crippen molar-refractivity contribution < 1.29 is 77.2 Å². The molecule has 0 aromatic heterocycles. The van der Waals surface area contributed by atoms with Crippen LogP contribution in [0.15, 0.2) is 41.5 Å². The van der Waals surface area contributed by atoms with Crippen molar-refractivity contribution in [2.75, 3.05) is 13.2 Å². The van der Waals surface area contributed by atoms with Gasteiger partial charge in [0.25, 0.3) is 0 Å². The van der Waals surface area contributed by atoms with E-state index in [1.807, 2.05) is 0 Å². The number of carbonyl (C=O) groups excluding carboxylic acids is 6. The maximum absolute atomic E-state index is 15.6.